The second-order valence-corrected chi connectivity index (χ2v) is 4.75. The third kappa shape index (κ3) is 4.10. The molecule has 0 bridgehead atoms. The minimum absolute atomic E-state index is 0.114. The Hall–Kier alpha value is -0.610. The van der Waals surface area contributed by atoms with E-state index in [2.05, 4.69) is 6.92 Å². The van der Waals surface area contributed by atoms with Crippen LogP contribution in [0.2, 0.25) is 0 Å². The zero-order valence-electron chi connectivity index (χ0n) is 10.4. The van der Waals surface area contributed by atoms with Crippen LogP contribution in [0.5, 0.6) is 0 Å². The highest BCUT2D eigenvalue weighted by Gasteiger charge is 2.24. The number of rotatable bonds is 5. The number of nitrogens with zero attached hydrogens (tertiary/aromatic N) is 1. The van der Waals surface area contributed by atoms with E-state index in [1.807, 2.05) is 4.90 Å². The first-order chi connectivity index (χ1) is 7.65. The molecule has 1 atom stereocenters. The number of piperidine rings is 1. The van der Waals surface area contributed by atoms with Crippen molar-refractivity contribution in [2.24, 2.45) is 11.7 Å². The van der Waals surface area contributed by atoms with Crippen LogP contribution in [-0.2, 0) is 9.53 Å². The van der Waals surface area contributed by atoms with Gasteiger partial charge in [-0.25, -0.2) is 0 Å². The van der Waals surface area contributed by atoms with E-state index in [1.54, 1.807) is 7.11 Å². The summed E-state index contributed by atoms with van der Waals surface area (Å²) in [6.45, 7) is 4.66. The van der Waals surface area contributed by atoms with Gasteiger partial charge in [-0.1, -0.05) is 6.92 Å². The molecule has 1 saturated heterocycles. The first-order valence-electron chi connectivity index (χ1n) is 6.18. The fourth-order valence-electron chi connectivity index (χ4n) is 2.03. The van der Waals surface area contributed by atoms with Crippen LogP contribution in [0.4, 0.5) is 0 Å². The summed E-state index contributed by atoms with van der Waals surface area (Å²) in [5.74, 6) is 0.858. The van der Waals surface area contributed by atoms with Gasteiger partial charge in [-0.05, 0) is 31.6 Å². The summed E-state index contributed by atoms with van der Waals surface area (Å²) < 4.78 is 4.95. The molecule has 4 heteroatoms. The van der Waals surface area contributed by atoms with Crippen molar-refractivity contribution in [1.82, 2.24) is 4.90 Å². The summed E-state index contributed by atoms with van der Waals surface area (Å²) in [4.78, 5) is 13.9. The molecule has 94 valence electrons. The molecule has 0 aromatic carbocycles. The van der Waals surface area contributed by atoms with E-state index < -0.39 is 0 Å². The van der Waals surface area contributed by atoms with E-state index >= 15 is 0 Å². The predicted molar refractivity (Wildman–Crippen MR) is 64.1 cm³/mol. The van der Waals surface area contributed by atoms with Gasteiger partial charge in [0.05, 0.1) is 6.04 Å². The lowest BCUT2D eigenvalue weighted by molar-refractivity contribution is -0.134. The largest absolute Gasteiger partial charge is 0.385 e. The van der Waals surface area contributed by atoms with E-state index in [9.17, 15) is 4.79 Å². The second-order valence-electron chi connectivity index (χ2n) is 4.75. The number of methoxy groups -OCH3 is 1. The summed E-state index contributed by atoms with van der Waals surface area (Å²) >= 11 is 0. The predicted octanol–water partition coefficient (Wildman–Crippen LogP) is 0.999. The topological polar surface area (TPSA) is 55.6 Å². The quantitative estimate of drug-likeness (QED) is 0.714. The van der Waals surface area contributed by atoms with Crippen molar-refractivity contribution >= 4 is 5.91 Å². The molecule has 1 rings (SSSR count). The molecule has 0 spiro atoms. The Morgan fingerprint density at radius 1 is 1.50 bits per heavy atom. The summed E-state index contributed by atoms with van der Waals surface area (Å²) in [5.41, 5.74) is 5.88. The molecule has 0 aromatic heterocycles. The molecule has 0 radical (unpaired) electrons. The highest BCUT2D eigenvalue weighted by molar-refractivity contribution is 5.81. The average molecular weight is 228 g/mol. The van der Waals surface area contributed by atoms with Gasteiger partial charge in [-0.15, -0.1) is 0 Å². The Kier molecular flexibility index (Phi) is 5.77. The summed E-state index contributed by atoms with van der Waals surface area (Å²) in [6, 6.07) is -0.344. The fourth-order valence-corrected chi connectivity index (χ4v) is 2.03. The third-order valence-electron chi connectivity index (χ3n) is 3.28. The van der Waals surface area contributed by atoms with Gasteiger partial charge in [0.1, 0.15) is 0 Å². The van der Waals surface area contributed by atoms with Crippen molar-refractivity contribution in [3.63, 3.8) is 0 Å². The van der Waals surface area contributed by atoms with E-state index in [0.29, 0.717) is 6.61 Å². The Balaban J connectivity index is 2.27. The maximum absolute atomic E-state index is 12.0. The highest BCUT2D eigenvalue weighted by Crippen LogP contribution is 2.16. The van der Waals surface area contributed by atoms with Crippen LogP contribution in [0.3, 0.4) is 0 Å². The molecule has 1 heterocycles. The molecule has 1 aliphatic heterocycles. The van der Waals surface area contributed by atoms with Crippen molar-refractivity contribution < 1.29 is 9.53 Å². The van der Waals surface area contributed by atoms with E-state index in [1.165, 1.54) is 0 Å². The van der Waals surface area contributed by atoms with E-state index in [0.717, 1.165) is 44.7 Å². The number of hydrogen-bond donors (Lipinski definition) is 1. The van der Waals surface area contributed by atoms with Gasteiger partial charge in [0, 0.05) is 26.8 Å². The Morgan fingerprint density at radius 3 is 2.69 bits per heavy atom. The first-order valence-corrected chi connectivity index (χ1v) is 6.18. The molecular formula is C12H24N2O2. The van der Waals surface area contributed by atoms with Crippen LogP contribution >= 0.6 is 0 Å². The molecule has 0 saturated carbocycles. The third-order valence-corrected chi connectivity index (χ3v) is 3.28. The normalized spacial score (nSPS) is 19.8. The molecule has 1 fully saturated rings. The maximum Gasteiger partial charge on any atom is 0.239 e. The van der Waals surface area contributed by atoms with Crippen molar-refractivity contribution in [1.29, 1.82) is 0 Å². The van der Waals surface area contributed by atoms with Crippen molar-refractivity contribution in [2.45, 2.75) is 38.6 Å². The van der Waals surface area contributed by atoms with Gasteiger partial charge in [0.2, 0.25) is 5.91 Å². The lowest BCUT2D eigenvalue weighted by Crippen LogP contribution is -2.47. The molecule has 1 amide bonds. The summed E-state index contributed by atoms with van der Waals surface area (Å²) in [5, 5.41) is 0. The zero-order chi connectivity index (χ0) is 12.0. The number of nitrogens with two attached hydrogens (primary N) is 1. The number of hydrogen-bond acceptors (Lipinski definition) is 3. The first kappa shape index (κ1) is 13.5. The fraction of sp³-hybridized carbons (Fsp3) is 0.917. The molecular weight excluding hydrogens is 204 g/mol. The summed E-state index contributed by atoms with van der Waals surface area (Å²) in [6.07, 6.45) is 3.79. The Morgan fingerprint density at radius 2 is 2.12 bits per heavy atom. The second kappa shape index (κ2) is 6.86. The molecule has 1 aliphatic rings. The molecule has 16 heavy (non-hydrogen) atoms. The van der Waals surface area contributed by atoms with Crippen LogP contribution in [0.1, 0.15) is 32.6 Å². The van der Waals surface area contributed by atoms with E-state index in [-0.39, 0.29) is 11.9 Å². The van der Waals surface area contributed by atoms with Crippen LogP contribution < -0.4 is 5.73 Å². The van der Waals surface area contributed by atoms with Crippen molar-refractivity contribution in [2.75, 3.05) is 26.8 Å². The van der Waals surface area contributed by atoms with Gasteiger partial charge < -0.3 is 15.4 Å². The van der Waals surface area contributed by atoms with Gasteiger partial charge in [0.25, 0.3) is 0 Å². The van der Waals surface area contributed by atoms with Crippen molar-refractivity contribution in [3.05, 3.63) is 0 Å². The minimum Gasteiger partial charge on any atom is -0.385 e. The molecule has 4 nitrogen and oxygen atoms in total. The van der Waals surface area contributed by atoms with Crippen LogP contribution in [0.15, 0.2) is 0 Å². The maximum atomic E-state index is 12.0. The highest BCUT2D eigenvalue weighted by atomic mass is 16.5. The Labute approximate surface area is 98.1 Å². The van der Waals surface area contributed by atoms with Crippen LogP contribution in [0, 0.1) is 5.92 Å². The Bertz CT molecular complexity index is 213. The summed E-state index contributed by atoms with van der Waals surface area (Å²) in [7, 11) is 1.67. The lowest BCUT2D eigenvalue weighted by atomic mass is 9.98. The SMILES string of the molecule is COCCCC(N)C(=O)N1CCC(C)CC1. The molecule has 1 unspecified atom stereocenters. The van der Waals surface area contributed by atoms with Crippen LogP contribution in [0.25, 0.3) is 0 Å². The van der Waals surface area contributed by atoms with Gasteiger partial charge >= 0.3 is 0 Å². The smallest absolute Gasteiger partial charge is 0.239 e. The number of ether oxygens (including phenoxy) is 1. The van der Waals surface area contributed by atoms with Crippen LogP contribution in [-0.4, -0.2) is 43.7 Å². The van der Waals surface area contributed by atoms with E-state index in [4.69, 9.17) is 10.5 Å². The molecule has 2 N–H and O–H groups in total. The average Bonchev–Trinajstić information content (AvgIpc) is 2.29. The minimum atomic E-state index is -0.344. The number of carbonyl (C=O) groups excluding carboxylic acids is 1. The monoisotopic (exact) mass is 228 g/mol. The van der Waals surface area contributed by atoms with Crippen molar-refractivity contribution in [3.8, 4) is 0 Å². The van der Waals surface area contributed by atoms with Gasteiger partial charge in [0.15, 0.2) is 0 Å². The lowest BCUT2D eigenvalue weighted by Gasteiger charge is -2.32. The standard InChI is InChI=1S/C12H24N2O2/c1-10-5-7-14(8-6-10)12(15)11(13)4-3-9-16-2/h10-11H,3-9,13H2,1-2H3. The zero-order valence-corrected chi connectivity index (χ0v) is 10.4. The number of carbonyl (C=O) groups is 1. The van der Waals surface area contributed by atoms with Gasteiger partial charge in [-0.3, -0.25) is 4.79 Å². The molecule has 0 aliphatic carbocycles. The number of amides is 1. The molecule has 0 aromatic rings. The van der Waals surface area contributed by atoms with Gasteiger partial charge in [-0.2, -0.15) is 0 Å². The number of likely N-dealkylation sites (tertiary alicyclic amines) is 1.